The van der Waals surface area contributed by atoms with Crippen LogP contribution < -0.4 is 15.6 Å². The molecule has 2 N–H and O–H groups in total. The molecule has 0 saturated carbocycles. The minimum Gasteiger partial charge on any atom is -0.341 e. The molecule has 0 radical (unpaired) electrons. The molecule has 3 aliphatic rings. The minimum atomic E-state index is -4.81. The molecule has 16 heteroatoms. The Kier molecular flexibility index (Phi) is 7.90. The van der Waals surface area contributed by atoms with Gasteiger partial charge in [0.05, 0.1) is 29.6 Å². The van der Waals surface area contributed by atoms with Gasteiger partial charge in [-0.25, -0.2) is 15.4 Å². The van der Waals surface area contributed by atoms with Gasteiger partial charge < -0.3 is 15.1 Å². The van der Waals surface area contributed by atoms with Gasteiger partial charge in [0.25, 0.3) is 5.91 Å². The zero-order valence-corrected chi connectivity index (χ0v) is 20.3. The number of amides is 2. The number of hydrazone groups is 1. The van der Waals surface area contributed by atoms with E-state index in [4.69, 9.17) is 0 Å². The molecule has 0 bridgehead atoms. The van der Waals surface area contributed by atoms with Gasteiger partial charge in [0.2, 0.25) is 11.9 Å². The van der Waals surface area contributed by atoms with E-state index in [1.807, 2.05) is 0 Å². The van der Waals surface area contributed by atoms with Gasteiger partial charge in [-0.05, 0) is 26.2 Å². The van der Waals surface area contributed by atoms with Crippen LogP contribution in [0.5, 0.6) is 0 Å². The van der Waals surface area contributed by atoms with Crippen molar-refractivity contribution in [1.29, 1.82) is 0 Å². The summed E-state index contributed by atoms with van der Waals surface area (Å²) in [6.07, 6.45) is -5.25. The number of aliphatic imine (C=N–C) groups is 1. The van der Waals surface area contributed by atoms with E-state index >= 15 is 0 Å². The smallest absolute Gasteiger partial charge is 0.341 e. The number of carbonyl (C=O) groups excluding carboxylic acids is 2. The maximum absolute atomic E-state index is 13.3. The zero-order chi connectivity index (χ0) is 27.7. The van der Waals surface area contributed by atoms with Crippen molar-refractivity contribution >= 4 is 29.7 Å². The Labute approximate surface area is 213 Å². The van der Waals surface area contributed by atoms with Crippen molar-refractivity contribution in [3.05, 3.63) is 18.0 Å². The van der Waals surface area contributed by atoms with Gasteiger partial charge in [-0.2, -0.15) is 31.4 Å². The van der Waals surface area contributed by atoms with Crippen LogP contribution in [0.25, 0.3) is 0 Å². The summed E-state index contributed by atoms with van der Waals surface area (Å²) >= 11 is 0. The van der Waals surface area contributed by atoms with Crippen molar-refractivity contribution in [1.82, 2.24) is 25.6 Å². The molecular formula is C22H26F6N8O2. The predicted molar refractivity (Wildman–Crippen MR) is 123 cm³/mol. The minimum absolute atomic E-state index is 0.0535. The lowest BCUT2D eigenvalue weighted by atomic mass is 10.0. The second-order valence-corrected chi connectivity index (χ2v) is 9.38. The Bertz CT molecular complexity index is 1080. The number of nitrogens with zero attached hydrogens (tertiary/aromatic N) is 6. The first-order valence-electron chi connectivity index (χ1n) is 12.0. The Balaban J connectivity index is 1.27. The van der Waals surface area contributed by atoms with Gasteiger partial charge >= 0.3 is 12.4 Å². The van der Waals surface area contributed by atoms with E-state index in [1.54, 1.807) is 22.1 Å². The lowest BCUT2D eigenvalue weighted by molar-refractivity contribution is -0.168. The quantitative estimate of drug-likeness (QED) is 0.524. The van der Waals surface area contributed by atoms with Crippen molar-refractivity contribution in [2.24, 2.45) is 16.0 Å². The summed E-state index contributed by atoms with van der Waals surface area (Å²) in [6, 6.07) is -1.22. The van der Waals surface area contributed by atoms with Gasteiger partial charge in [0.1, 0.15) is 0 Å². The van der Waals surface area contributed by atoms with E-state index in [1.165, 1.54) is 0 Å². The van der Waals surface area contributed by atoms with Crippen LogP contribution in [0.15, 0.2) is 22.5 Å². The molecule has 0 spiro atoms. The Morgan fingerprint density at radius 2 is 1.74 bits per heavy atom. The van der Waals surface area contributed by atoms with Crippen LogP contribution in [0.3, 0.4) is 0 Å². The third-order valence-corrected chi connectivity index (χ3v) is 6.68. The van der Waals surface area contributed by atoms with E-state index < -0.39 is 47.5 Å². The fraction of sp³-hybridized carbons (Fsp3) is 0.636. The number of piperidine rings is 1. The Hall–Kier alpha value is -3.30. The van der Waals surface area contributed by atoms with E-state index in [0.29, 0.717) is 38.9 Å². The summed E-state index contributed by atoms with van der Waals surface area (Å²) in [4.78, 5) is 39.8. The maximum Gasteiger partial charge on any atom is 0.419 e. The van der Waals surface area contributed by atoms with E-state index in [2.05, 4.69) is 25.4 Å². The molecule has 2 amide bonds. The predicted octanol–water partition coefficient (Wildman–Crippen LogP) is 1.78. The standard InChI is InChI=1S/C22H26F6N8O2/c1-12(33-16-11-32-34-18(37)17(16)22(26,27)28)8-29-15-4-7-36(19(15)38)14-2-5-35(6-3-14)20-30-9-13(10-31-20)21(23,24)25/h9-12,14-15,17,29H,2-8H2,1H3,(H,34,37)/t12-,15+,17?/m0/s1. The highest BCUT2D eigenvalue weighted by Gasteiger charge is 2.49. The summed E-state index contributed by atoms with van der Waals surface area (Å²) in [5, 5.41) is 6.47. The first-order chi connectivity index (χ1) is 17.8. The summed E-state index contributed by atoms with van der Waals surface area (Å²) in [6.45, 7) is 3.15. The normalized spacial score (nSPS) is 25.3. The second-order valence-electron chi connectivity index (χ2n) is 9.38. The van der Waals surface area contributed by atoms with Gasteiger partial charge in [-0.3, -0.25) is 14.6 Å². The van der Waals surface area contributed by atoms with E-state index in [0.717, 1.165) is 18.6 Å². The average Bonchev–Trinajstić information content (AvgIpc) is 3.21. The highest BCUT2D eigenvalue weighted by Crippen LogP contribution is 2.30. The summed E-state index contributed by atoms with van der Waals surface area (Å²) in [7, 11) is 0. The van der Waals surface area contributed by atoms with Crippen molar-refractivity contribution in [2.75, 3.05) is 31.1 Å². The Morgan fingerprint density at radius 1 is 1.08 bits per heavy atom. The van der Waals surface area contributed by atoms with Crippen molar-refractivity contribution in [3.8, 4) is 0 Å². The van der Waals surface area contributed by atoms with Gasteiger partial charge in [-0.1, -0.05) is 0 Å². The third kappa shape index (κ3) is 6.22. The summed E-state index contributed by atoms with van der Waals surface area (Å²) in [5.41, 5.74) is 0.385. The topological polar surface area (TPSA) is 115 Å². The summed E-state index contributed by atoms with van der Waals surface area (Å²) in [5.74, 6) is -3.62. The molecule has 4 heterocycles. The van der Waals surface area contributed by atoms with Gasteiger partial charge in [0, 0.05) is 44.6 Å². The molecular weight excluding hydrogens is 522 g/mol. The largest absolute Gasteiger partial charge is 0.419 e. The number of likely N-dealkylation sites (tertiary alicyclic amines) is 1. The number of aromatic nitrogens is 2. The maximum atomic E-state index is 13.3. The third-order valence-electron chi connectivity index (χ3n) is 6.68. The highest BCUT2D eigenvalue weighted by molar-refractivity contribution is 6.37. The fourth-order valence-electron chi connectivity index (χ4n) is 4.73. The Morgan fingerprint density at radius 3 is 2.34 bits per heavy atom. The first kappa shape index (κ1) is 27.7. The van der Waals surface area contributed by atoms with Gasteiger partial charge in [0.15, 0.2) is 5.92 Å². The highest BCUT2D eigenvalue weighted by atomic mass is 19.4. The number of anilines is 1. The second kappa shape index (κ2) is 10.8. The molecule has 3 aliphatic heterocycles. The van der Waals surface area contributed by atoms with Crippen molar-refractivity contribution in [3.63, 3.8) is 0 Å². The molecule has 4 rings (SSSR count). The SMILES string of the molecule is C[C@@H](CN[C@@H]1CCN(C2CCN(c3ncc(C(F)(F)F)cn3)CC2)C1=O)N=C1C=NNC(=O)C1C(F)(F)F. The van der Waals surface area contributed by atoms with Crippen LogP contribution >= 0.6 is 0 Å². The number of alkyl halides is 6. The molecule has 1 aromatic heterocycles. The van der Waals surface area contributed by atoms with Crippen LogP contribution in [0.1, 0.15) is 31.7 Å². The number of carbonyl (C=O) groups is 2. The molecule has 0 aliphatic carbocycles. The number of nitrogens with one attached hydrogen (secondary N) is 2. The van der Waals surface area contributed by atoms with Crippen LogP contribution in [-0.2, 0) is 15.8 Å². The zero-order valence-electron chi connectivity index (χ0n) is 20.3. The van der Waals surface area contributed by atoms with Crippen LogP contribution in [0.2, 0.25) is 0 Å². The lowest BCUT2D eigenvalue weighted by Crippen LogP contribution is -2.49. The summed E-state index contributed by atoms with van der Waals surface area (Å²) < 4.78 is 77.9. The molecule has 10 nitrogen and oxygen atoms in total. The number of hydrogen-bond acceptors (Lipinski definition) is 8. The monoisotopic (exact) mass is 548 g/mol. The fourth-order valence-corrected chi connectivity index (χ4v) is 4.73. The molecule has 1 unspecified atom stereocenters. The molecule has 2 saturated heterocycles. The number of hydrogen-bond donors (Lipinski definition) is 2. The molecule has 0 aromatic carbocycles. The molecule has 3 atom stereocenters. The number of halogens is 6. The average molecular weight is 548 g/mol. The molecule has 2 fully saturated rings. The van der Waals surface area contributed by atoms with Crippen molar-refractivity contribution in [2.45, 2.75) is 56.7 Å². The van der Waals surface area contributed by atoms with Crippen molar-refractivity contribution < 1.29 is 35.9 Å². The van der Waals surface area contributed by atoms with E-state index in [9.17, 15) is 35.9 Å². The molecule has 38 heavy (non-hydrogen) atoms. The van der Waals surface area contributed by atoms with Gasteiger partial charge in [-0.15, -0.1) is 0 Å². The number of rotatable bonds is 6. The first-order valence-corrected chi connectivity index (χ1v) is 12.0. The van der Waals surface area contributed by atoms with E-state index in [-0.39, 0.29) is 24.4 Å². The van der Waals surface area contributed by atoms with Crippen LogP contribution in [-0.4, -0.2) is 89.1 Å². The molecule has 208 valence electrons. The molecule has 1 aromatic rings. The van der Waals surface area contributed by atoms with Crippen LogP contribution in [0, 0.1) is 5.92 Å². The van der Waals surface area contributed by atoms with Crippen LogP contribution in [0.4, 0.5) is 32.3 Å². The lowest BCUT2D eigenvalue weighted by Gasteiger charge is -2.36.